The maximum absolute atomic E-state index is 12.6. The molecule has 1 aromatic heterocycles. The van der Waals surface area contributed by atoms with Gasteiger partial charge in [0, 0.05) is 44.9 Å². The number of aromatic nitrogens is 2. The van der Waals surface area contributed by atoms with Crippen LogP contribution < -0.4 is 0 Å². The zero-order chi connectivity index (χ0) is 17.8. The van der Waals surface area contributed by atoms with Crippen LogP contribution in [0.5, 0.6) is 0 Å². The van der Waals surface area contributed by atoms with Crippen molar-refractivity contribution in [2.24, 2.45) is 13.0 Å². The van der Waals surface area contributed by atoms with Crippen LogP contribution in [0.3, 0.4) is 0 Å². The lowest BCUT2D eigenvalue weighted by Gasteiger charge is -2.35. The molecule has 5 nitrogen and oxygen atoms in total. The Kier molecular flexibility index (Phi) is 5.53. The second kappa shape index (κ2) is 7.83. The Labute approximate surface area is 149 Å². The van der Waals surface area contributed by atoms with Crippen LogP contribution >= 0.6 is 0 Å². The second-order valence-corrected chi connectivity index (χ2v) is 7.07. The molecule has 1 aliphatic heterocycles. The van der Waals surface area contributed by atoms with E-state index < -0.39 is 6.10 Å². The number of aliphatic hydroxyl groups excluding tert-OH is 1. The molecule has 1 N–H and O–H groups in total. The first kappa shape index (κ1) is 17.7. The fraction of sp³-hybridized carbons (Fsp3) is 0.500. The highest BCUT2D eigenvalue weighted by Gasteiger charge is 2.30. The first-order chi connectivity index (χ1) is 12.0. The number of nitrogens with zero attached hydrogens (tertiary/aromatic N) is 3. The van der Waals surface area contributed by atoms with Gasteiger partial charge < -0.3 is 14.6 Å². The molecule has 2 heterocycles. The minimum Gasteiger partial charge on any atom is -0.385 e. The van der Waals surface area contributed by atoms with E-state index in [0.29, 0.717) is 18.8 Å². The van der Waals surface area contributed by atoms with Crippen LogP contribution in [0.4, 0.5) is 0 Å². The molecule has 2 aromatic rings. The molecule has 2 atom stereocenters. The van der Waals surface area contributed by atoms with Gasteiger partial charge in [0.25, 0.3) is 0 Å². The third-order valence-electron chi connectivity index (χ3n) is 5.09. The predicted molar refractivity (Wildman–Crippen MR) is 97.0 cm³/mol. The van der Waals surface area contributed by atoms with E-state index in [1.54, 1.807) is 6.20 Å². The number of imidazole rings is 1. The lowest BCUT2D eigenvalue weighted by Crippen LogP contribution is -2.42. The van der Waals surface area contributed by atoms with Crippen LogP contribution in [0, 0.1) is 12.8 Å². The molecule has 0 bridgehead atoms. The van der Waals surface area contributed by atoms with Gasteiger partial charge in [0.05, 0.1) is 0 Å². The lowest BCUT2D eigenvalue weighted by molar-refractivity contribution is -0.134. The van der Waals surface area contributed by atoms with Gasteiger partial charge in [-0.25, -0.2) is 4.98 Å². The summed E-state index contributed by atoms with van der Waals surface area (Å²) in [5.74, 6) is 0.912. The molecule has 3 rings (SSSR count). The van der Waals surface area contributed by atoms with Crippen LogP contribution in [-0.2, 0) is 18.3 Å². The topological polar surface area (TPSA) is 58.4 Å². The molecule has 1 amide bonds. The number of hydrogen-bond donors (Lipinski definition) is 1. The summed E-state index contributed by atoms with van der Waals surface area (Å²) in [7, 11) is 1.89. The van der Waals surface area contributed by atoms with Crippen LogP contribution in [-0.4, -0.2) is 38.6 Å². The van der Waals surface area contributed by atoms with E-state index in [-0.39, 0.29) is 11.8 Å². The molecule has 0 radical (unpaired) electrons. The fourth-order valence-electron chi connectivity index (χ4n) is 3.64. The van der Waals surface area contributed by atoms with Crippen molar-refractivity contribution in [3.8, 4) is 0 Å². The zero-order valence-electron chi connectivity index (χ0n) is 15.1. The number of carbonyl (C=O) groups excluding carboxylic acids is 1. The zero-order valence-corrected chi connectivity index (χ0v) is 15.1. The first-order valence-electron chi connectivity index (χ1n) is 9.03. The van der Waals surface area contributed by atoms with Crippen molar-refractivity contribution < 1.29 is 9.90 Å². The maximum Gasteiger partial charge on any atom is 0.222 e. The van der Waals surface area contributed by atoms with Gasteiger partial charge in [-0.1, -0.05) is 29.8 Å². The van der Waals surface area contributed by atoms with Crippen LogP contribution in [0.2, 0.25) is 0 Å². The van der Waals surface area contributed by atoms with Crippen LogP contribution in [0.15, 0.2) is 36.7 Å². The van der Waals surface area contributed by atoms with Gasteiger partial charge >= 0.3 is 0 Å². The lowest BCUT2D eigenvalue weighted by atomic mass is 9.91. The fourth-order valence-corrected chi connectivity index (χ4v) is 3.64. The summed E-state index contributed by atoms with van der Waals surface area (Å²) in [6.07, 6.45) is 6.07. The monoisotopic (exact) mass is 341 g/mol. The average molecular weight is 341 g/mol. The molecule has 25 heavy (non-hydrogen) atoms. The molecule has 1 aromatic carbocycles. The highest BCUT2D eigenvalue weighted by Crippen LogP contribution is 2.29. The number of hydrogen-bond acceptors (Lipinski definition) is 3. The first-order valence-corrected chi connectivity index (χ1v) is 9.03. The summed E-state index contributed by atoms with van der Waals surface area (Å²) in [6, 6.07) is 8.32. The number of rotatable bonds is 5. The largest absolute Gasteiger partial charge is 0.385 e. The molecule has 0 aliphatic carbocycles. The summed E-state index contributed by atoms with van der Waals surface area (Å²) >= 11 is 0. The molecule has 1 saturated heterocycles. The van der Waals surface area contributed by atoms with Crippen molar-refractivity contribution in [3.63, 3.8) is 0 Å². The minimum atomic E-state index is -0.618. The van der Waals surface area contributed by atoms with Gasteiger partial charge in [0.1, 0.15) is 11.9 Å². The quantitative estimate of drug-likeness (QED) is 0.909. The Hall–Kier alpha value is -2.14. The van der Waals surface area contributed by atoms with E-state index in [1.807, 2.05) is 28.8 Å². The molecule has 134 valence electrons. The summed E-state index contributed by atoms with van der Waals surface area (Å²) in [5.41, 5.74) is 2.43. The second-order valence-electron chi connectivity index (χ2n) is 7.07. The van der Waals surface area contributed by atoms with E-state index in [4.69, 9.17) is 0 Å². The van der Waals surface area contributed by atoms with E-state index in [1.165, 1.54) is 11.1 Å². The number of aryl methyl sites for hydroxylation is 3. The van der Waals surface area contributed by atoms with Crippen molar-refractivity contribution >= 4 is 5.91 Å². The van der Waals surface area contributed by atoms with Gasteiger partial charge in [0.2, 0.25) is 5.91 Å². The number of piperidine rings is 1. The molecule has 1 fully saturated rings. The summed E-state index contributed by atoms with van der Waals surface area (Å²) in [6.45, 7) is 3.47. The number of benzene rings is 1. The normalized spacial score (nSPS) is 19.0. The van der Waals surface area contributed by atoms with E-state index in [9.17, 15) is 9.90 Å². The average Bonchev–Trinajstić information content (AvgIpc) is 3.05. The number of amides is 1. The Morgan fingerprint density at radius 3 is 3.00 bits per heavy atom. The van der Waals surface area contributed by atoms with E-state index >= 15 is 0 Å². The van der Waals surface area contributed by atoms with Gasteiger partial charge in [0.15, 0.2) is 0 Å². The van der Waals surface area contributed by atoms with Crippen LogP contribution in [0.1, 0.15) is 42.3 Å². The molecule has 1 aliphatic rings. The van der Waals surface area contributed by atoms with E-state index in [2.05, 4.69) is 30.1 Å². The molecule has 2 unspecified atom stereocenters. The third kappa shape index (κ3) is 4.28. The SMILES string of the molecule is Cc1cccc(CCC(=O)N2CCCC(C(O)c3nccn3C)C2)c1. The van der Waals surface area contributed by atoms with Gasteiger partial charge in [-0.2, -0.15) is 0 Å². The van der Waals surface area contributed by atoms with Gasteiger partial charge in [-0.3, -0.25) is 4.79 Å². The van der Waals surface area contributed by atoms with Crippen molar-refractivity contribution in [2.75, 3.05) is 13.1 Å². The summed E-state index contributed by atoms with van der Waals surface area (Å²) in [4.78, 5) is 18.8. The number of likely N-dealkylation sites (tertiary alicyclic amines) is 1. The van der Waals surface area contributed by atoms with E-state index in [0.717, 1.165) is 25.8 Å². The Morgan fingerprint density at radius 1 is 1.44 bits per heavy atom. The van der Waals surface area contributed by atoms with Gasteiger partial charge in [-0.15, -0.1) is 0 Å². The Bertz CT molecular complexity index is 725. The highest BCUT2D eigenvalue weighted by molar-refractivity contribution is 5.76. The number of carbonyl (C=O) groups is 1. The minimum absolute atomic E-state index is 0.0535. The smallest absolute Gasteiger partial charge is 0.222 e. The molecule has 0 saturated carbocycles. The number of aliphatic hydroxyl groups is 1. The van der Waals surface area contributed by atoms with Crippen molar-refractivity contribution in [1.82, 2.24) is 14.5 Å². The molecular formula is C20H27N3O2. The van der Waals surface area contributed by atoms with Crippen molar-refractivity contribution in [3.05, 3.63) is 53.6 Å². The maximum atomic E-state index is 12.6. The summed E-state index contributed by atoms with van der Waals surface area (Å²) < 4.78 is 1.85. The standard InChI is InChI=1S/C20H27N3O2/c1-15-5-3-6-16(13-15)8-9-18(24)23-11-4-7-17(14-23)19(25)20-21-10-12-22(20)2/h3,5-6,10,12-13,17,19,25H,4,7-9,11,14H2,1-2H3. The Balaban J connectivity index is 1.57. The van der Waals surface area contributed by atoms with Gasteiger partial charge in [-0.05, 0) is 31.7 Å². The summed E-state index contributed by atoms with van der Waals surface area (Å²) in [5, 5.41) is 10.6. The van der Waals surface area contributed by atoms with Crippen LogP contribution in [0.25, 0.3) is 0 Å². The predicted octanol–water partition coefficient (Wildman–Crippen LogP) is 2.63. The Morgan fingerprint density at radius 2 is 2.28 bits per heavy atom. The molecular weight excluding hydrogens is 314 g/mol. The third-order valence-corrected chi connectivity index (χ3v) is 5.09. The molecule has 0 spiro atoms. The molecule has 5 heteroatoms. The van der Waals surface area contributed by atoms with Crippen molar-refractivity contribution in [1.29, 1.82) is 0 Å². The highest BCUT2D eigenvalue weighted by atomic mass is 16.3. The van der Waals surface area contributed by atoms with Crippen molar-refractivity contribution in [2.45, 2.75) is 38.7 Å².